The largest absolute Gasteiger partial charge is 0.270 e. The molecule has 5 nitrogen and oxygen atoms in total. The van der Waals surface area contributed by atoms with E-state index in [-0.39, 0.29) is 0 Å². The Bertz CT molecular complexity index is 528. The molecule has 1 rings (SSSR count). The third-order valence-electron chi connectivity index (χ3n) is 1.98. The SMILES string of the molecule is C=CS(=O)(=O)N(C)c1ccc(N=C=O)cc1. The van der Waals surface area contributed by atoms with Gasteiger partial charge in [0.25, 0.3) is 10.0 Å². The van der Waals surface area contributed by atoms with Crippen molar-refractivity contribution in [3.63, 3.8) is 0 Å². The Balaban J connectivity index is 3.07. The Morgan fingerprint density at radius 2 is 1.94 bits per heavy atom. The van der Waals surface area contributed by atoms with Crippen molar-refractivity contribution in [1.29, 1.82) is 0 Å². The molecule has 0 N–H and O–H groups in total. The average molecular weight is 238 g/mol. The Hall–Kier alpha value is -1.91. The summed E-state index contributed by atoms with van der Waals surface area (Å²) in [5.41, 5.74) is 0.882. The number of aliphatic imine (C=N–C) groups is 1. The van der Waals surface area contributed by atoms with Gasteiger partial charge in [-0.05, 0) is 24.3 Å². The van der Waals surface area contributed by atoms with Gasteiger partial charge < -0.3 is 0 Å². The zero-order valence-corrected chi connectivity index (χ0v) is 9.44. The molecule has 0 heterocycles. The highest BCUT2D eigenvalue weighted by Crippen LogP contribution is 2.20. The molecule has 0 amide bonds. The van der Waals surface area contributed by atoms with Gasteiger partial charge >= 0.3 is 0 Å². The summed E-state index contributed by atoms with van der Waals surface area (Å²) in [6.07, 6.45) is 1.40. The lowest BCUT2D eigenvalue weighted by Gasteiger charge is -2.16. The molecule has 0 aliphatic rings. The highest BCUT2D eigenvalue weighted by Gasteiger charge is 2.13. The van der Waals surface area contributed by atoms with E-state index >= 15 is 0 Å². The predicted octanol–water partition coefficient (Wildman–Crippen LogP) is 1.56. The molecule has 0 saturated heterocycles. The number of sulfonamides is 1. The minimum Gasteiger partial charge on any atom is -0.270 e. The van der Waals surface area contributed by atoms with Crippen molar-refractivity contribution >= 4 is 27.5 Å². The minimum atomic E-state index is -3.49. The van der Waals surface area contributed by atoms with Crippen LogP contribution in [-0.4, -0.2) is 21.5 Å². The molecular formula is C10H10N2O3S. The van der Waals surface area contributed by atoms with Crippen molar-refractivity contribution < 1.29 is 13.2 Å². The van der Waals surface area contributed by atoms with E-state index < -0.39 is 10.0 Å². The zero-order valence-electron chi connectivity index (χ0n) is 8.62. The fourth-order valence-corrected chi connectivity index (χ4v) is 1.69. The predicted molar refractivity (Wildman–Crippen MR) is 61.7 cm³/mol. The van der Waals surface area contributed by atoms with Crippen LogP contribution in [0.5, 0.6) is 0 Å². The maximum Gasteiger partial charge on any atom is 0.256 e. The van der Waals surface area contributed by atoms with E-state index in [4.69, 9.17) is 0 Å². The molecule has 16 heavy (non-hydrogen) atoms. The van der Waals surface area contributed by atoms with Gasteiger partial charge in [-0.3, -0.25) is 4.31 Å². The lowest BCUT2D eigenvalue weighted by Crippen LogP contribution is -2.23. The van der Waals surface area contributed by atoms with Gasteiger partial charge in [0.05, 0.1) is 11.4 Å². The van der Waals surface area contributed by atoms with Crippen LogP contribution in [0.3, 0.4) is 0 Å². The number of hydrogen-bond donors (Lipinski definition) is 0. The first-order valence-corrected chi connectivity index (χ1v) is 5.81. The van der Waals surface area contributed by atoms with Gasteiger partial charge in [-0.25, -0.2) is 13.2 Å². The lowest BCUT2D eigenvalue weighted by atomic mass is 10.3. The molecule has 1 aromatic rings. The second kappa shape index (κ2) is 4.74. The number of rotatable bonds is 4. The van der Waals surface area contributed by atoms with Crippen LogP contribution in [-0.2, 0) is 14.8 Å². The quantitative estimate of drug-likeness (QED) is 0.590. The normalized spacial score (nSPS) is 10.3. The van der Waals surface area contributed by atoms with E-state index in [1.165, 1.54) is 37.4 Å². The van der Waals surface area contributed by atoms with Crippen molar-refractivity contribution in [3.05, 3.63) is 36.3 Å². The highest BCUT2D eigenvalue weighted by atomic mass is 32.2. The number of benzene rings is 1. The Morgan fingerprint density at radius 1 is 1.38 bits per heavy atom. The third kappa shape index (κ3) is 2.56. The van der Waals surface area contributed by atoms with Gasteiger partial charge in [0.15, 0.2) is 0 Å². The van der Waals surface area contributed by atoms with Crippen LogP contribution >= 0.6 is 0 Å². The summed E-state index contributed by atoms with van der Waals surface area (Å²) < 4.78 is 23.9. The van der Waals surface area contributed by atoms with Crippen LogP contribution in [0.4, 0.5) is 11.4 Å². The van der Waals surface area contributed by atoms with E-state index in [1.54, 1.807) is 0 Å². The van der Waals surface area contributed by atoms with Gasteiger partial charge in [-0.15, -0.1) is 0 Å². The maximum atomic E-state index is 11.4. The van der Waals surface area contributed by atoms with E-state index in [0.717, 1.165) is 9.71 Å². The van der Waals surface area contributed by atoms with Crippen LogP contribution in [0, 0.1) is 0 Å². The summed E-state index contributed by atoms with van der Waals surface area (Å²) in [6, 6.07) is 6.12. The molecule has 1 aromatic carbocycles. The smallest absolute Gasteiger partial charge is 0.256 e. The Labute approximate surface area is 93.8 Å². The molecule has 84 valence electrons. The van der Waals surface area contributed by atoms with Crippen molar-refractivity contribution in [2.24, 2.45) is 4.99 Å². The lowest BCUT2D eigenvalue weighted by molar-refractivity contribution is 0.565. The molecular weight excluding hydrogens is 228 g/mol. The van der Waals surface area contributed by atoms with E-state index in [0.29, 0.717) is 11.4 Å². The van der Waals surface area contributed by atoms with E-state index in [2.05, 4.69) is 11.6 Å². The van der Waals surface area contributed by atoms with Gasteiger partial charge in [-0.2, -0.15) is 4.99 Å². The number of carbonyl (C=O) groups excluding carboxylic acids is 1. The molecule has 0 aliphatic carbocycles. The maximum absolute atomic E-state index is 11.4. The second-order valence-electron chi connectivity index (χ2n) is 2.90. The Morgan fingerprint density at radius 3 is 2.38 bits per heavy atom. The molecule has 6 heteroatoms. The summed E-state index contributed by atoms with van der Waals surface area (Å²) in [7, 11) is -2.08. The topological polar surface area (TPSA) is 66.8 Å². The summed E-state index contributed by atoms with van der Waals surface area (Å²) in [5.74, 6) is 0. The molecule has 0 spiro atoms. The standard InChI is InChI=1S/C10H10N2O3S/c1-3-16(14,15)12(2)10-6-4-9(5-7-10)11-8-13/h3-7H,1H2,2H3. The van der Waals surface area contributed by atoms with Gasteiger partial charge in [0, 0.05) is 12.5 Å². The summed E-state index contributed by atoms with van der Waals surface area (Å²) in [6.45, 7) is 3.23. The number of nitrogens with zero attached hydrogens (tertiary/aromatic N) is 2. The monoisotopic (exact) mass is 238 g/mol. The van der Waals surface area contributed by atoms with Crippen LogP contribution in [0.25, 0.3) is 0 Å². The van der Waals surface area contributed by atoms with Gasteiger partial charge in [-0.1, -0.05) is 6.58 Å². The fraction of sp³-hybridized carbons (Fsp3) is 0.100. The van der Waals surface area contributed by atoms with Gasteiger partial charge in [0.2, 0.25) is 6.08 Å². The van der Waals surface area contributed by atoms with E-state index in [1.807, 2.05) is 0 Å². The van der Waals surface area contributed by atoms with Crippen molar-refractivity contribution in [3.8, 4) is 0 Å². The molecule has 0 radical (unpaired) electrons. The first-order valence-electron chi connectivity index (χ1n) is 4.30. The zero-order chi connectivity index (χ0) is 12.2. The van der Waals surface area contributed by atoms with Gasteiger partial charge in [0.1, 0.15) is 0 Å². The summed E-state index contributed by atoms with van der Waals surface area (Å²) >= 11 is 0. The summed E-state index contributed by atoms with van der Waals surface area (Å²) in [5, 5.41) is 0.866. The number of hydrogen-bond acceptors (Lipinski definition) is 4. The third-order valence-corrected chi connectivity index (χ3v) is 3.38. The van der Waals surface area contributed by atoms with Crippen LogP contribution in [0.1, 0.15) is 0 Å². The fourth-order valence-electron chi connectivity index (χ4n) is 1.05. The van der Waals surface area contributed by atoms with Crippen LogP contribution in [0.2, 0.25) is 0 Å². The van der Waals surface area contributed by atoms with Crippen LogP contribution < -0.4 is 4.31 Å². The first-order chi connectivity index (χ1) is 7.51. The highest BCUT2D eigenvalue weighted by molar-refractivity contribution is 7.95. The van der Waals surface area contributed by atoms with Crippen molar-refractivity contribution in [2.45, 2.75) is 0 Å². The second-order valence-corrected chi connectivity index (χ2v) is 4.81. The number of anilines is 1. The Kier molecular flexibility index (Phi) is 3.60. The van der Waals surface area contributed by atoms with Crippen molar-refractivity contribution in [2.75, 3.05) is 11.4 Å². The van der Waals surface area contributed by atoms with Crippen LogP contribution in [0.15, 0.2) is 41.2 Å². The van der Waals surface area contributed by atoms with Crippen molar-refractivity contribution in [1.82, 2.24) is 0 Å². The molecule has 0 fully saturated rings. The molecule has 0 atom stereocenters. The molecule has 0 aliphatic heterocycles. The molecule has 0 bridgehead atoms. The molecule has 0 aromatic heterocycles. The first kappa shape index (κ1) is 12.2. The minimum absolute atomic E-state index is 0.420. The summed E-state index contributed by atoms with van der Waals surface area (Å²) in [4.78, 5) is 13.4. The molecule has 0 unspecified atom stereocenters. The van der Waals surface area contributed by atoms with E-state index in [9.17, 15) is 13.2 Å². The molecule has 0 saturated carbocycles. The average Bonchev–Trinajstić information content (AvgIpc) is 2.29. The number of isocyanates is 1.